The third-order valence-electron chi connectivity index (χ3n) is 12.2. The summed E-state index contributed by atoms with van der Waals surface area (Å²) in [5.41, 5.74) is 12.9. The van der Waals surface area contributed by atoms with Crippen LogP contribution in [0.3, 0.4) is 0 Å². The Labute approximate surface area is 359 Å². The molecule has 0 aliphatic rings. The van der Waals surface area contributed by atoms with E-state index in [-0.39, 0.29) is 0 Å². The average Bonchev–Trinajstić information content (AvgIpc) is 3.80. The second-order valence-electron chi connectivity index (χ2n) is 16.0. The van der Waals surface area contributed by atoms with E-state index in [0.717, 1.165) is 61.0 Å². The molecule has 0 saturated carbocycles. The van der Waals surface area contributed by atoms with E-state index in [1.54, 1.807) is 0 Å². The van der Waals surface area contributed by atoms with Crippen molar-refractivity contribution in [2.45, 2.75) is 0 Å². The van der Waals surface area contributed by atoms with Gasteiger partial charge in [0.15, 0.2) is 5.58 Å². The number of aromatic nitrogens is 1. The summed E-state index contributed by atoms with van der Waals surface area (Å²) in [4.78, 5) is 7.36. The standard InChI is InChI=1S/C59H38N2O/c1-3-12-39(13-4-1)44-17-11-18-50(35-44)61(49-30-27-41(28-31-49)55-38-47-16-7-8-19-52(47)53-20-9-10-21-54(53)55)51-32-26-40-22-24-45(34-48(40)36-51)46-25-23-42-29-33-57-58(56(42)37-46)60-59(62-57)43-14-5-2-6-15-43/h1-38H. The van der Waals surface area contributed by atoms with Crippen LogP contribution in [0.2, 0.25) is 0 Å². The van der Waals surface area contributed by atoms with Gasteiger partial charge < -0.3 is 9.32 Å². The fourth-order valence-corrected chi connectivity index (χ4v) is 9.13. The van der Waals surface area contributed by atoms with Crippen LogP contribution in [-0.4, -0.2) is 4.98 Å². The van der Waals surface area contributed by atoms with E-state index in [1.807, 2.05) is 36.4 Å². The fourth-order valence-electron chi connectivity index (χ4n) is 9.13. The maximum Gasteiger partial charge on any atom is 0.227 e. The first-order valence-corrected chi connectivity index (χ1v) is 21.1. The topological polar surface area (TPSA) is 29.3 Å². The molecule has 0 fully saturated rings. The van der Waals surface area contributed by atoms with E-state index in [0.29, 0.717) is 5.89 Å². The zero-order chi connectivity index (χ0) is 41.0. The number of nitrogens with zero attached hydrogens (tertiary/aromatic N) is 2. The van der Waals surface area contributed by atoms with E-state index in [4.69, 9.17) is 9.40 Å². The predicted molar refractivity (Wildman–Crippen MR) is 260 cm³/mol. The molecule has 12 rings (SSSR count). The summed E-state index contributed by atoms with van der Waals surface area (Å²) in [6, 6.07) is 82.7. The molecule has 0 radical (unpaired) electrons. The van der Waals surface area contributed by atoms with Crippen molar-refractivity contribution in [1.82, 2.24) is 4.98 Å². The van der Waals surface area contributed by atoms with Gasteiger partial charge in [-0.05, 0) is 144 Å². The van der Waals surface area contributed by atoms with E-state index in [1.165, 1.54) is 49.2 Å². The van der Waals surface area contributed by atoms with Crippen LogP contribution in [0.25, 0.3) is 99.0 Å². The molecule has 0 N–H and O–H groups in total. The van der Waals surface area contributed by atoms with Crippen molar-refractivity contribution in [2.75, 3.05) is 4.90 Å². The smallest absolute Gasteiger partial charge is 0.227 e. The number of hydrogen-bond donors (Lipinski definition) is 0. The van der Waals surface area contributed by atoms with Gasteiger partial charge >= 0.3 is 0 Å². The van der Waals surface area contributed by atoms with Crippen LogP contribution in [0, 0.1) is 0 Å². The van der Waals surface area contributed by atoms with E-state index < -0.39 is 0 Å². The van der Waals surface area contributed by atoms with Gasteiger partial charge in [-0.1, -0.05) is 158 Å². The van der Waals surface area contributed by atoms with Gasteiger partial charge in [0.1, 0.15) is 5.52 Å². The molecule has 12 aromatic rings. The fraction of sp³-hybridized carbons (Fsp3) is 0. The molecule has 0 aliphatic carbocycles. The minimum atomic E-state index is 0.632. The quantitative estimate of drug-likeness (QED) is 0.151. The monoisotopic (exact) mass is 790 g/mol. The minimum Gasteiger partial charge on any atom is -0.436 e. The Morgan fingerprint density at radius 3 is 1.73 bits per heavy atom. The predicted octanol–water partition coefficient (Wildman–Crippen LogP) is 16.6. The molecule has 0 amide bonds. The van der Waals surface area contributed by atoms with Crippen LogP contribution >= 0.6 is 0 Å². The largest absolute Gasteiger partial charge is 0.436 e. The average molecular weight is 791 g/mol. The van der Waals surface area contributed by atoms with Gasteiger partial charge in [0.2, 0.25) is 5.89 Å². The molecule has 3 nitrogen and oxygen atoms in total. The molecule has 0 saturated heterocycles. The first-order valence-electron chi connectivity index (χ1n) is 21.1. The first kappa shape index (κ1) is 35.7. The lowest BCUT2D eigenvalue weighted by Crippen LogP contribution is -2.10. The van der Waals surface area contributed by atoms with Crippen molar-refractivity contribution in [3.05, 3.63) is 231 Å². The molecular formula is C59H38N2O. The maximum absolute atomic E-state index is 6.25. The SMILES string of the molecule is c1ccc(-c2cccc(N(c3ccc(-c4cc5ccccc5c5ccccc45)cc3)c3ccc4ccc(-c5ccc6ccc7oc(-c8ccccc8)nc7c6c5)cc4c3)c2)cc1. The highest BCUT2D eigenvalue weighted by molar-refractivity contribution is 6.14. The molecule has 62 heavy (non-hydrogen) atoms. The molecule has 0 spiro atoms. The summed E-state index contributed by atoms with van der Waals surface area (Å²) in [6.45, 7) is 0. The zero-order valence-electron chi connectivity index (χ0n) is 33.7. The van der Waals surface area contributed by atoms with Crippen molar-refractivity contribution in [3.8, 4) is 44.8 Å². The normalized spacial score (nSPS) is 11.5. The molecule has 1 aromatic heterocycles. The summed E-state index contributed by atoms with van der Waals surface area (Å²) in [5.74, 6) is 0.632. The summed E-state index contributed by atoms with van der Waals surface area (Å²) in [6.07, 6.45) is 0. The van der Waals surface area contributed by atoms with E-state index in [9.17, 15) is 0 Å². The van der Waals surface area contributed by atoms with Gasteiger partial charge in [-0.15, -0.1) is 0 Å². The zero-order valence-corrected chi connectivity index (χ0v) is 33.7. The summed E-state index contributed by atoms with van der Waals surface area (Å²) in [5, 5.41) is 9.59. The molecule has 1 heterocycles. The highest BCUT2D eigenvalue weighted by atomic mass is 16.3. The molecule has 0 unspecified atom stereocenters. The van der Waals surface area contributed by atoms with Gasteiger partial charge in [-0.2, -0.15) is 0 Å². The first-order chi connectivity index (χ1) is 30.7. The molecular weight excluding hydrogens is 753 g/mol. The highest BCUT2D eigenvalue weighted by Gasteiger charge is 2.17. The van der Waals surface area contributed by atoms with Crippen molar-refractivity contribution < 1.29 is 4.42 Å². The van der Waals surface area contributed by atoms with Crippen LogP contribution in [0.5, 0.6) is 0 Å². The van der Waals surface area contributed by atoms with Crippen LogP contribution in [0.15, 0.2) is 235 Å². The van der Waals surface area contributed by atoms with Crippen molar-refractivity contribution in [1.29, 1.82) is 0 Å². The third kappa shape index (κ3) is 6.27. The van der Waals surface area contributed by atoms with Crippen molar-refractivity contribution in [2.24, 2.45) is 0 Å². The lowest BCUT2D eigenvalue weighted by atomic mass is 9.93. The van der Waals surface area contributed by atoms with Gasteiger partial charge in [0, 0.05) is 28.0 Å². The van der Waals surface area contributed by atoms with E-state index in [2.05, 4.69) is 199 Å². The number of hydrogen-bond acceptors (Lipinski definition) is 3. The molecule has 0 aliphatic heterocycles. The number of rotatable bonds is 7. The Kier molecular flexibility index (Phi) is 8.50. The van der Waals surface area contributed by atoms with Crippen molar-refractivity contribution >= 4 is 71.3 Å². The second-order valence-corrected chi connectivity index (χ2v) is 16.0. The Morgan fingerprint density at radius 2 is 0.903 bits per heavy atom. The molecule has 0 atom stereocenters. The van der Waals surface area contributed by atoms with Crippen LogP contribution in [-0.2, 0) is 0 Å². The number of benzene rings is 11. The van der Waals surface area contributed by atoms with E-state index >= 15 is 0 Å². The minimum absolute atomic E-state index is 0.632. The number of oxazole rings is 1. The maximum atomic E-state index is 6.25. The summed E-state index contributed by atoms with van der Waals surface area (Å²) >= 11 is 0. The van der Waals surface area contributed by atoms with Crippen molar-refractivity contribution in [3.63, 3.8) is 0 Å². The second kappa shape index (κ2) is 14.8. The Morgan fingerprint density at radius 1 is 0.306 bits per heavy atom. The Hall–Kier alpha value is -8.27. The number of anilines is 3. The van der Waals surface area contributed by atoms with Crippen LogP contribution in [0.1, 0.15) is 0 Å². The van der Waals surface area contributed by atoms with Gasteiger partial charge in [-0.3, -0.25) is 0 Å². The van der Waals surface area contributed by atoms with Crippen LogP contribution in [0.4, 0.5) is 17.1 Å². The summed E-state index contributed by atoms with van der Waals surface area (Å²) in [7, 11) is 0. The van der Waals surface area contributed by atoms with Gasteiger partial charge in [0.05, 0.1) is 0 Å². The summed E-state index contributed by atoms with van der Waals surface area (Å²) < 4.78 is 6.25. The molecule has 0 bridgehead atoms. The third-order valence-corrected chi connectivity index (χ3v) is 12.2. The van der Waals surface area contributed by atoms with Gasteiger partial charge in [-0.25, -0.2) is 4.98 Å². The lowest BCUT2D eigenvalue weighted by molar-refractivity contribution is 0.620. The van der Waals surface area contributed by atoms with Gasteiger partial charge in [0.25, 0.3) is 0 Å². The Balaban J connectivity index is 0.967. The molecule has 3 heteroatoms. The molecule has 11 aromatic carbocycles. The molecule has 290 valence electrons. The number of fused-ring (bicyclic) bond motifs is 7. The van der Waals surface area contributed by atoms with Crippen LogP contribution < -0.4 is 4.90 Å². The lowest BCUT2D eigenvalue weighted by Gasteiger charge is -2.27. The highest BCUT2D eigenvalue weighted by Crippen LogP contribution is 2.41. The Bertz CT molecular complexity index is 3630.